The second-order valence-corrected chi connectivity index (χ2v) is 7.61. The molecular weight excluding hydrogens is 332 g/mol. The molecule has 132 valence electrons. The minimum absolute atomic E-state index is 0.00168. The van der Waals surface area contributed by atoms with E-state index in [2.05, 4.69) is 5.32 Å². The van der Waals surface area contributed by atoms with Crippen LogP contribution < -0.4 is 16.8 Å². The summed E-state index contributed by atoms with van der Waals surface area (Å²) in [7, 11) is -3.78. The van der Waals surface area contributed by atoms with Crippen LogP contribution in [0.3, 0.4) is 0 Å². The summed E-state index contributed by atoms with van der Waals surface area (Å²) >= 11 is 0. The van der Waals surface area contributed by atoms with E-state index in [4.69, 9.17) is 11.5 Å². The number of sulfonamides is 1. The molecule has 2 amide bonds. The molecule has 0 spiro atoms. The van der Waals surface area contributed by atoms with Gasteiger partial charge in [-0.15, -0.1) is 0 Å². The van der Waals surface area contributed by atoms with Gasteiger partial charge in [0, 0.05) is 31.7 Å². The Kier molecular flexibility index (Phi) is 5.92. The summed E-state index contributed by atoms with van der Waals surface area (Å²) in [6, 6.07) is 5.61. The summed E-state index contributed by atoms with van der Waals surface area (Å²) in [4.78, 5) is 23.3. The molecule has 0 aromatic heterocycles. The van der Waals surface area contributed by atoms with E-state index in [1.54, 1.807) is 0 Å². The lowest BCUT2D eigenvalue weighted by molar-refractivity contribution is -0.126. The van der Waals surface area contributed by atoms with E-state index in [-0.39, 0.29) is 22.9 Å². The molecule has 1 aliphatic heterocycles. The number of nitrogens with one attached hydrogen (secondary N) is 1. The second kappa shape index (κ2) is 7.73. The average molecular weight is 354 g/mol. The van der Waals surface area contributed by atoms with Crippen LogP contribution in [0.15, 0.2) is 29.2 Å². The van der Waals surface area contributed by atoms with Crippen molar-refractivity contribution in [3.05, 3.63) is 29.8 Å². The van der Waals surface area contributed by atoms with Crippen molar-refractivity contribution in [2.75, 3.05) is 26.2 Å². The molecule has 1 unspecified atom stereocenters. The Balaban J connectivity index is 2.18. The van der Waals surface area contributed by atoms with Gasteiger partial charge < -0.3 is 16.8 Å². The van der Waals surface area contributed by atoms with Gasteiger partial charge in [0.25, 0.3) is 0 Å². The maximum absolute atomic E-state index is 12.8. The summed E-state index contributed by atoms with van der Waals surface area (Å²) in [5.41, 5.74) is 10.7. The van der Waals surface area contributed by atoms with Crippen LogP contribution in [0, 0.1) is 5.92 Å². The van der Waals surface area contributed by atoms with E-state index >= 15 is 0 Å². The fourth-order valence-corrected chi connectivity index (χ4v) is 4.24. The Morgan fingerprint density at radius 1 is 1.33 bits per heavy atom. The quantitative estimate of drug-likeness (QED) is 0.618. The summed E-state index contributed by atoms with van der Waals surface area (Å²) in [5.74, 6) is -1.28. The third-order valence-corrected chi connectivity index (χ3v) is 5.82. The molecule has 1 aromatic carbocycles. The molecule has 5 N–H and O–H groups in total. The number of hydrogen-bond acceptors (Lipinski definition) is 5. The Labute approximate surface area is 141 Å². The van der Waals surface area contributed by atoms with Crippen LogP contribution in [0.25, 0.3) is 0 Å². The van der Waals surface area contributed by atoms with Crippen LogP contribution >= 0.6 is 0 Å². The minimum atomic E-state index is -3.78. The fraction of sp³-hybridized carbons (Fsp3) is 0.467. The number of hydrogen-bond donors (Lipinski definition) is 3. The maximum Gasteiger partial charge on any atom is 0.248 e. The molecule has 1 saturated heterocycles. The third kappa shape index (κ3) is 4.11. The molecule has 1 heterocycles. The van der Waals surface area contributed by atoms with Crippen molar-refractivity contribution in [2.24, 2.45) is 17.4 Å². The molecule has 0 radical (unpaired) electrons. The Bertz CT molecular complexity index is 720. The Morgan fingerprint density at radius 2 is 2.08 bits per heavy atom. The van der Waals surface area contributed by atoms with Crippen LogP contribution in [0.4, 0.5) is 0 Å². The maximum atomic E-state index is 12.8. The van der Waals surface area contributed by atoms with Gasteiger partial charge in [-0.05, 0) is 31.0 Å². The van der Waals surface area contributed by atoms with E-state index in [9.17, 15) is 18.0 Å². The topological polar surface area (TPSA) is 136 Å². The first-order valence-corrected chi connectivity index (χ1v) is 9.18. The van der Waals surface area contributed by atoms with Crippen LogP contribution in [-0.4, -0.2) is 50.7 Å². The summed E-state index contributed by atoms with van der Waals surface area (Å²) in [6.07, 6.45) is 1.22. The molecule has 1 aromatic rings. The van der Waals surface area contributed by atoms with E-state index in [0.29, 0.717) is 32.5 Å². The molecule has 24 heavy (non-hydrogen) atoms. The second-order valence-electron chi connectivity index (χ2n) is 5.67. The zero-order valence-corrected chi connectivity index (χ0v) is 14.1. The van der Waals surface area contributed by atoms with Crippen LogP contribution in [0.2, 0.25) is 0 Å². The first-order chi connectivity index (χ1) is 11.4. The van der Waals surface area contributed by atoms with Crippen LogP contribution in [0.1, 0.15) is 23.2 Å². The number of amides is 2. The minimum Gasteiger partial charge on any atom is -0.366 e. The van der Waals surface area contributed by atoms with Gasteiger partial charge in [0.1, 0.15) is 0 Å². The standard InChI is InChI=1S/C15H22N4O4S/c16-6-7-18-15(21)12-4-2-8-19(10-12)24(22,23)13-5-1-3-11(9-13)14(17)20/h1,3,5,9,12H,2,4,6-8,10,16H2,(H2,17,20)(H,18,21). The van der Waals surface area contributed by atoms with E-state index in [0.717, 1.165) is 0 Å². The zero-order valence-electron chi connectivity index (χ0n) is 13.3. The van der Waals surface area contributed by atoms with Gasteiger partial charge in [-0.3, -0.25) is 9.59 Å². The number of piperidine rings is 1. The van der Waals surface area contributed by atoms with Crippen LogP contribution in [-0.2, 0) is 14.8 Å². The monoisotopic (exact) mass is 354 g/mol. The SMILES string of the molecule is NCCNC(=O)C1CCCN(S(=O)(=O)c2cccc(C(N)=O)c2)C1. The lowest BCUT2D eigenvalue weighted by Gasteiger charge is -2.31. The summed E-state index contributed by atoms with van der Waals surface area (Å²) in [6.45, 7) is 1.15. The zero-order chi connectivity index (χ0) is 17.7. The number of rotatable bonds is 6. The number of carbonyl (C=O) groups is 2. The van der Waals surface area contributed by atoms with Crippen molar-refractivity contribution in [2.45, 2.75) is 17.7 Å². The molecule has 2 rings (SSSR count). The number of carbonyl (C=O) groups excluding carboxylic acids is 2. The van der Waals surface area contributed by atoms with Crippen molar-refractivity contribution in [3.8, 4) is 0 Å². The third-order valence-electron chi connectivity index (χ3n) is 3.95. The largest absolute Gasteiger partial charge is 0.366 e. The van der Waals surface area contributed by atoms with Gasteiger partial charge in [-0.25, -0.2) is 8.42 Å². The van der Waals surface area contributed by atoms with Gasteiger partial charge in [0.2, 0.25) is 21.8 Å². The van der Waals surface area contributed by atoms with E-state index in [1.165, 1.54) is 28.6 Å². The van der Waals surface area contributed by atoms with Gasteiger partial charge in [-0.1, -0.05) is 6.07 Å². The highest BCUT2D eigenvalue weighted by Crippen LogP contribution is 2.24. The number of primary amides is 1. The lowest BCUT2D eigenvalue weighted by Crippen LogP contribution is -2.46. The first kappa shape index (κ1) is 18.4. The van der Waals surface area contributed by atoms with E-state index < -0.39 is 21.8 Å². The fourth-order valence-electron chi connectivity index (χ4n) is 2.67. The Morgan fingerprint density at radius 3 is 2.75 bits per heavy atom. The van der Waals surface area contributed by atoms with Gasteiger partial charge in [0.15, 0.2) is 0 Å². The van der Waals surface area contributed by atoms with Crippen LogP contribution in [0.5, 0.6) is 0 Å². The predicted molar refractivity (Wildman–Crippen MR) is 88.5 cm³/mol. The van der Waals surface area contributed by atoms with Crippen molar-refractivity contribution in [3.63, 3.8) is 0 Å². The predicted octanol–water partition coefficient (Wildman–Crippen LogP) is -0.739. The smallest absolute Gasteiger partial charge is 0.248 e. The summed E-state index contributed by atoms with van der Waals surface area (Å²) < 4.78 is 26.8. The normalized spacial score (nSPS) is 19.0. The highest BCUT2D eigenvalue weighted by molar-refractivity contribution is 7.89. The highest BCUT2D eigenvalue weighted by Gasteiger charge is 2.33. The van der Waals surface area contributed by atoms with Crippen molar-refractivity contribution < 1.29 is 18.0 Å². The van der Waals surface area contributed by atoms with Gasteiger partial charge in [0.05, 0.1) is 10.8 Å². The molecule has 0 bridgehead atoms. The lowest BCUT2D eigenvalue weighted by atomic mass is 9.99. The van der Waals surface area contributed by atoms with Gasteiger partial charge in [-0.2, -0.15) is 4.31 Å². The average Bonchev–Trinajstić information content (AvgIpc) is 2.59. The van der Waals surface area contributed by atoms with Gasteiger partial charge >= 0.3 is 0 Å². The van der Waals surface area contributed by atoms with Crippen molar-refractivity contribution >= 4 is 21.8 Å². The molecule has 1 aliphatic rings. The molecule has 9 heteroatoms. The number of nitrogens with zero attached hydrogens (tertiary/aromatic N) is 1. The van der Waals surface area contributed by atoms with E-state index in [1.807, 2.05) is 0 Å². The molecule has 0 aliphatic carbocycles. The van der Waals surface area contributed by atoms with Crippen molar-refractivity contribution in [1.82, 2.24) is 9.62 Å². The summed E-state index contributed by atoms with van der Waals surface area (Å²) in [5, 5.41) is 2.69. The number of nitrogens with two attached hydrogens (primary N) is 2. The molecule has 0 saturated carbocycles. The molecule has 8 nitrogen and oxygen atoms in total. The molecular formula is C15H22N4O4S. The Hall–Kier alpha value is -1.97. The first-order valence-electron chi connectivity index (χ1n) is 7.74. The molecule has 1 atom stereocenters. The van der Waals surface area contributed by atoms with Crippen molar-refractivity contribution in [1.29, 1.82) is 0 Å². The number of benzene rings is 1. The molecule has 1 fully saturated rings. The highest BCUT2D eigenvalue weighted by atomic mass is 32.2.